The summed E-state index contributed by atoms with van der Waals surface area (Å²) in [6.07, 6.45) is 3.75. The molecule has 0 aliphatic carbocycles. The molecule has 1 aliphatic heterocycles. The molecular formula is C16H22BrN2O4+. The van der Waals surface area contributed by atoms with Gasteiger partial charge >= 0.3 is 5.97 Å². The molecule has 7 heteroatoms. The van der Waals surface area contributed by atoms with E-state index in [9.17, 15) is 14.9 Å². The van der Waals surface area contributed by atoms with Crippen molar-refractivity contribution in [3.8, 4) is 0 Å². The number of quaternary nitrogens is 1. The number of nitro benzene ring substituents is 1. The summed E-state index contributed by atoms with van der Waals surface area (Å²) in [6.45, 7) is 3.49. The van der Waals surface area contributed by atoms with Crippen LogP contribution < -0.4 is 0 Å². The van der Waals surface area contributed by atoms with Crippen molar-refractivity contribution < 1.29 is 18.9 Å². The number of rotatable bonds is 6. The number of halogens is 1. The van der Waals surface area contributed by atoms with E-state index >= 15 is 0 Å². The fourth-order valence-corrected chi connectivity index (χ4v) is 3.28. The molecule has 0 saturated carbocycles. The molecular weight excluding hydrogens is 364 g/mol. The van der Waals surface area contributed by atoms with Crippen LogP contribution in [0.15, 0.2) is 24.3 Å². The predicted molar refractivity (Wildman–Crippen MR) is 90.4 cm³/mol. The van der Waals surface area contributed by atoms with Crippen molar-refractivity contribution in [2.45, 2.75) is 24.1 Å². The number of nitrogens with zero attached hydrogens (tertiary/aromatic N) is 2. The summed E-state index contributed by atoms with van der Waals surface area (Å²) in [6, 6.07) is 5.91. The van der Waals surface area contributed by atoms with Gasteiger partial charge in [-0.3, -0.25) is 14.9 Å². The number of hydrogen-bond acceptors (Lipinski definition) is 4. The summed E-state index contributed by atoms with van der Waals surface area (Å²) in [5, 5.41) is 10.6. The zero-order valence-corrected chi connectivity index (χ0v) is 14.8. The molecule has 1 unspecified atom stereocenters. The van der Waals surface area contributed by atoms with Crippen molar-refractivity contribution in [1.82, 2.24) is 0 Å². The number of likely N-dealkylation sites (tertiary alicyclic amines) is 1. The first kappa shape index (κ1) is 17.9. The first-order chi connectivity index (χ1) is 10.9. The second kappa shape index (κ2) is 7.88. The maximum atomic E-state index is 12.1. The molecule has 6 nitrogen and oxygen atoms in total. The van der Waals surface area contributed by atoms with Gasteiger partial charge in [-0.05, 0) is 24.8 Å². The summed E-state index contributed by atoms with van der Waals surface area (Å²) in [5.74, 6) is -0.359. The van der Waals surface area contributed by atoms with Crippen LogP contribution in [-0.2, 0) is 9.53 Å². The molecule has 1 atom stereocenters. The van der Waals surface area contributed by atoms with Crippen LogP contribution in [0.3, 0.4) is 0 Å². The maximum Gasteiger partial charge on any atom is 0.324 e. The number of alkyl halides is 1. The fourth-order valence-electron chi connectivity index (χ4n) is 2.84. The van der Waals surface area contributed by atoms with Gasteiger partial charge in [0.2, 0.25) is 0 Å². The molecule has 2 rings (SSSR count). The van der Waals surface area contributed by atoms with Crippen LogP contribution in [0.5, 0.6) is 0 Å². The van der Waals surface area contributed by atoms with Crippen LogP contribution in [0.2, 0.25) is 0 Å². The van der Waals surface area contributed by atoms with Crippen LogP contribution in [0, 0.1) is 10.1 Å². The van der Waals surface area contributed by atoms with Crippen LogP contribution in [0.4, 0.5) is 5.69 Å². The van der Waals surface area contributed by atoms with Crippen LogP contribution in [0.1, 0.15) is 29.7 Å². The van der Waals surface area contributed by atoms with Gasteiger partial charge in [0, 0.05) is 12.1 Å². The van der Waals surface area contributed by atoms with Crippen molar-refractivity contribution in [3.63, 3.8) is 0 Å². The van der Waals surface area contributed by atoms with Crippen molar-refractivity contribution in [2.24, 2.45) is 0 Å². The quantitative estimate of drug-likeness (QED) is 0.248. The number of hydrogen-bond donors (Lipinski definition) is 0. The topological polar surface area (TPSA) is 69.4 Å². The number of likely N-dealkylation sites (N-methyl/N-ethyl adjacent to an activating group) is 1. The number of esters is 1. The molecule has 0 spiro atoms. The molecule has 1 fully saturated rings. The third-order valence-electron chi connectivity index (χ3n) is 4.37. The first-order valence-corrected chi connectivity index (χ1v) is 8.71. The molecule has 0 N–H and O–H groups in total. The van der Waals surface area contributed by atoms with Gasteiger partial charge < -0.3 is 9.22 Å². The van der Waals surface area contributed by atoms with E-state index in [1.807, 2.05) is 0 Å². The molecule has 1 aromatic rings. The summed E-state index contributed by atoms with van der Waals surface area (Å²) >= 11 is 3.30. The molecule has 0 amide bonds. The Kier molecular flexibility index (Phi) is 6.12. The Morgan fingerprint density at radius 3 is 2.48 bits per heavy atom. The number of piperidine rings is 1. The SMILES string of the molecule is C[N+]1(CCOC(=O)C(Br)c2ccc([N+](=O)[O-])cc2)CCCCC1. The lowest BCUT2D eigenvalue weighted by molar-refractivity contribution is -0.914. The van der Waals surface area contributed by atoms with Gasteiger partial charge in [0.1, 0.15) is 18.0 Å². The van der Waals surface area contributed by atoms with E-state index < -0.39 is 9.75 Å². The number of carbonyl (C=O) groups is 1. The minimum absolute atomic E-state index is 0.00402. The van der Waals surface area contributed by atoms with E-state index in [4.69, 9.17) is 4.74 Å². The van der Waals surface area contributed by atoms with Gasteiger partial charge in [-0.15, -0.1) is 0 Å². The number of carbonyl (C=O) groups excluding carboxylic acids is 1. The largest absolute Gasteiger partial charge is 0.459 e. The Hall–Kier alpha value is -1.47. The lowest BCUT2D eigenvalue weighted by Gasteiger charge is -2.37. The van der Waals surface area contributed by atoms with Crippen LogP contribution in [-0.4, -0.2) is 48.7 Å². The van der Waals surface area contributed by atoms with E-state index in [0.29, 0.717) is 12.2 Å². The minimum atomic E-state index is -0.602. The first-order valence-electron chi connectivity index (χ1n) is 7.80. The Bertz CT molecular complexity index is 556. The van der Waals surface area contributed by atoms with Gasteiger partial charge in [-0.2, -0.15) is 0 Å². The van der Waals surface area contributed by atoms with Crippen molar-refractivity contribution in [3.05, 3.63) is 39.9 Å². The van der Waals surface area contributed by atoms with Crippen molar-refractivity contribution in [2.75, 3.05) is 33.3 Å². The van der Waals surface area contributed by atoms with Gasteiger partial charge in [0.05, 0.1) is 25.1 Å². The molecule has 1 saturated heterocycles. The molecule has 0 bridgehead atoms. The molecule has 1 aromatic carbocycles. The van der Waals surface area contributed by atoms with Gasteiger partial charge in [0.15, 0.2) is 0 Å². The lowest BCUT2D eigenvalue weighted by atomic mass is 10.1. The number of nitro groups is 1. The highest BCUT2D eigenvalue weighted by Gasteiger charge is 2.26. The van der Waals surface area contributed by atoms with E-state index in [2.05, 4.69) is 23.0 Å². The smallest absolute Gasteiger partial charge is 0.324 e. The molecule has 0 radical (unpaired) electrons. The maximum absolute atomic E-state index is 12.1. The average Bonchev–Trinajstić information content (AvgIpc) is 2.54. The Labute approximate surface area is 144 Å². The summed E-state index contributed by atoms with van der Waals surface area (Å²) < 4.78 is 6.32. The third-order valence-corrected chi connectivity index (χ3v) is 5.28. The monoisotopic (exact) mass is 385 g/mol. The summed E-state index contributed by atoms with van der Waals surface area (Å²) in [5.41, 5.74) is 0.656. The Morgan fingerprint density at radius 1 is 1.30 bits per heavy atom. The van der Waals surface area contributed by atoms with Gasteiger partial charge in [0.25, 0.3) is 5.69 Å². The van der Waals surface area contributed by atoms with E-state index in [1.165, 1.54) is 31.4 Å². The van der Waals surface area contributed by atoms with E-state index in [-0.39, 0.29) is 11.7 Å². The Balaban J connectivity index is 1.83. The van der Waals surface area contributed by atoms with Crippen molar-refractivity contribution >= 4 is 27.6 Å². The third kappa shape index (κ3) is 5.00. The number of ether oxygens (including phenoxy) is 1. The summed E-state index contributed by atoms with van der Waals surface area (Å²) in [4.78, 5) is 21.7. The molecule has 0 aromatic heterocycles. The van der Waals surface area contributed by atoms with E-state index in [0.717, 1.165) is 24.1 Å². The highest BCUT2D eigenvalue weighted by atomic mass is 79.9. The fraction of sp³-hybridized carbons (Fsp3) is 0.562. The van der Waals surface area contributed by atoms with Gasteiger partial charge in [-0.25, -0.2) is 0 Å². The molecule has 1 aliphatic rings. The average molecular weight is 386 g/mol. The van der Waals surface area contributed by atoms with Crippen molar-refractivity contribution in [1.29, 1.82) is 0 Å². The standard InChI is InChI=1S/C16H22BrN2O4/c1-19(9-3-2-4-10-19)11-12-23-16(20)15(17)13-5-7-14(8-6-13)18(21)22/h5-8,15H,2-4,9-12H2,1H3/q+1. The zero-order valence-electron chi connectivity index (χ0n) is 13.2. The second-order valence-electron chi connectivity index (χ2n) is 6.23. The Morgan fingerprint density at radius 2 is 1.91 bits per heavy atom. The normalized spacial score (nSPS) is 18.2. The van der Waals surface area contributed by atoms with Crippen LogP contribution >= 0.6 is 15.9 Å². The summed E-state index contributed by atoms with van der Waals surface area (Å²) in [7, 11) is 2.20. The number of non-ortho nitro benzene ring substituents is 1. The van der Waals surface area contributed by atoms with Gasteiger partial charge in [-0.1, -0.05) is 28.1 Å². The van der Waals surface area contributed by atoms with Crippen LogP contribution in [0.25, 0.3) is 0 Å². The second-order valence-corrected chi connectivity index (χ2v) is 7.15. The number of benzene rings is 1. The highest BCUT2D eigenvalue weighted by molar-refractivity contribution is 9.09. The molecule has 126 valence electrons. The lowest BCUT2D eigenvalue weighted by Crippen LogP contribution is -2.49. The highest BCUT2D eigenvalue weighted by Crippen LogP contribution is 2.26. The molecule has 23 heavy (non-hydrogen) atoms. The zero-order chi connectivity index (χ0) is 16.9. The molecule has 1 heterocycles. The minimum Gasteiger partial charge on any atom is -0.459 e. The van der Waals surface area contributed by atoms with E-state index in [1.54, 1.807) is 12.1 Å². The predicted octanol–water partition coefficient (Wildman–Crippen LogP) is 3.20.